The molecular weight excluding hydrogens is 307 g/mol. The molecule has 1 rings (SSSR count). The van der Waals surface area contributed by atoms with Gasteiger partial charge in [-0.05, 0) is 0 Å². The molecule has 1 heteroatoms. The van der Waals surface area contributed by atoms with Crippen molar-refractivity contribution in [2.75, 3.05) is 18.5 Å². The Morgan fingerprint density at radius 1 is 0.792 bits per heavy atom. The summed E-state index contributed by atoms with van der Waals surface area (Å²) in [5.74, 6) is 2.43. The van der Waals surface area contributed by atoms with Gasteiger partial charge in [0.15, 0.2) is 0 Å². The van der Waals surface area contributed by atoms with E-state index in [0.717, 1.165) is 0 Å². The first-order valence-corrected chi connectivity index (χ1v) is 13.4. The maximum atomic E-state index is 4.35. The fourth-order valence-corrected chi connectivity index (χ4v) is 8.79. The van der Waals surface area contributed by atoms with Gasteiger partial charge in [0.2, 0.25) is 0 Å². The average molecular weight is 349 g/mol. The van der Waals surface area contributed by atoms with Gasteiger partial charge in [-0.25, -0.2) is 0 Å². The van der Waals surface area contributed by atoms with Gasteiger partial charge in [0.25, 0.3) is 0 Å². The Kier molecular flexibility index (Phi) is 9.91. The van der Waals surface area contributed by atoms with Gasteiger partial charge in [-0.2, -0.15) is 0 Å². The van der Waals surface area contributed by atoms with Crippen LogP contribution in [0, 0.1) is 0 Å². The average Bonchev–Trinajstić information content (AvgIpc) is 2.64. The first-order chi connectivity index (χ1) is 11.6. The predicted molar refractivity (Wildman–Crippen MR) is 116 cm³/mol. The van der Waals surface area contributed by atoms with Crippen molar-refractivity contribution in [3.63, 3.8) is 0 Å². The minimum absolute atomic E-state index is 1.26. The van der Waals surface area contributed by atoms with Crippen LogP contribution in [0.15, 0.2) is 42.7 Å². The van der Waals surface area contributed by atoms with E-state index in [-0.39, 0.29) is 0 Å². The monoisotopic (exact) mass is 348 g/mol. The normalized spacial score (nSPS) is 13.4. The van der Waals surface area contributed by atoms with E-state index < -0.39 is 6.60 Å². The number of unbranched alkanes of at least 4 members (excludes halogenated alkanes) is 7. The number of benzene rings is 1. The summed E-state index contributed by atoms with van der Waals surface area (Å²) in [5, 5.41) is 0. The van der Waals surface area contributed by atoms with Crippen LogP contribution in [0.3, 0.4) is 0 Å². The molecule has 0 amide bonds. The van der Waals surface area contributed by atoms with Crippen LogP contribution in [0.25, 0.3) is 0 Å². The van der Waals surface area contributed by atoms with Gasteiger partial charge in [0.1, 0.15) is 0 Å². The molecule has 0 heterocycles. The quantitative estimate of drug-likeness (QED) is 0.235. The van der Waals surface area contributed by atoms with Crippen molar-refractivity contribution in [3.8, 4) is 0 Å². The summed E-state index contributed by atoms with van der Waals surface area (Å²) in [6.45, 7) is 9.66. The van der Waals surface area contributed by atoms with E-state index in [1.807, 2.05) is 0 Å². The summed E-state index contributed by atoms with van der Waals surface area (Å²) in [7, 11) is 0. The van der Waals surface area contributed by atoms with E-state index in [0.29, 0.717) is 0 Å². The molecule has 0 aliphatic carbocycles. The van der Waals surface area contributed by atoms with Gasteiger partial charge < -0.3 is 0 Å². The Bertz CT molecular complexity index is 444. The second kappa shape index (κ2) is 11.1. The Balaban J connectivity index is 2.56. The molecule has 0 unspecified atom stereocenters. The molecule has 0 saturated carbocycles. The summed E-state index contributed by atoms with van der Waals surface area (Å²) in [6, 6.07) is 11.1. The molecule has 0 N–H and O–H groups in total. The number of hydrogen-bond acceptors (Lipinski definition) is 0. The second-order valence-electron chi connectivity index (χ2n) is 7.73. The van der Waals surface area contributed by atoms with Gasteiger partial charge >= 0.3 is 152 Å². The molecule has 0 saturated heterocycles. The summed E-state index contributed by atoms with van der Waals surface area (Å²) < 4.78 is 0. The molecular formula is C23H41P. The van der Waals surface area contributed by atoms with Crippen molar-refractivity contribution in [2.45, 2.75) is 78.3 Å². The Hall–Kier alpha value is -0.610. The van der Waals surface area contributed by atoms with Crippen LogP contribution < -0.4 is 0 Å². The molecule has 0 radical (unpaired) electrons. The van der Waals surface area contributed by atoms with Crippen LogP contribution in [0.5, 0.6) is 0 Å². The van der Waals surface area contributed by atoms with Crippen LogP contribution in [0.2, 0.25) is 0 Å². The van der Waals surface area contributed by atoms with Crippen LogP contribution in [-0.4, -0.2) is 18.5 Å². The zero-order chi connectivity index (χ0) is 17.8. The zero-order valence-electron chi connectivity index (χ0n) is 16.6. The third kappa shape index (κ3) is 6.36. The van der Waals surface area contributed by atoms with Gasteiger partial charge in [0.05, 0.1) is 0 Å². The molecule has 0 aliphatic heterocycles. The van der Waals surface area contributed by atoms with E-state index >= 15 is 0 Å². The van der Waals surface area contributed by atoms with Crippen LogP contribution in [0.4, 0.5) is 0 Å². The third-order valence-corrected chi connectivity index (χ3v) is 13.5. The predicted octanol–water partition coefficient (Wildman–Crippen LogP) is 8.06. The first-order valence-electron chi connectivity index (χ1n) is 10.3. The maximum absolute atomic E-state index is 4.35. The second-order valence-corrected chi connectivity index (χ2v) is 14.3. The number of hydrogen-bond donors (Lipinski definition) is 0. The fraction of sp³-hybridized carbons (Fsp3) is 0.652. The van der Waals surface area contributed by atoms with E-state index in [4.69, 9.17) is 0 Å². The SMILES string of the molecule is C=CP(CC)(CC)(CCCCCCCCCC)Cc1ccccc1. The van der Waals surface area contributed by atoms with Crippen molar-refractivity contribution < 1.29 is 0 Å². The molecule has 0 aromatic heterocycles. The molecule has 0 spiro atoms. The summed E-state index contributed by atoms with van der Waals surface area (Å²) in [5.41, 5.74) is 1.51. The van der Waals surface area contributed by atoms with E-state index in [9.17, 15) is 0 Å². The molecule has 0 nitrogen and oxygen atoms in total. The van der Waals surface area contributed by atoms with Crippen LogP contribution >= 0.6 is 6.60 Å². The Morgan fingerprint density at radius 2 is 1.33 bits per heavy atom. The van der Waals surface area contributed by atoms with Gasteiger partial charge in [-0.15, -0.1) is 0 Å². The molecule has 1 aromatic rings. The van der Waals surface area contributed by atoms with Crippen molar-refractivity contribution in [1.82, 2.24) is 0 Å². The summed E-state index contributed by atoms with van der Waals surface area (Å²) in [4.78, 5) is 0. The third-order valence-electron chi connectivity index (χ3n) is 6.29. The summed E-state index contributed by atoms with van der Waals surface area (Å²) in [6.07, 6.45) is 16.6. The molecule has 0 bridgehead atoms. The molecule has 138 valence electrons. The van der Waals surface area contributed by atoms with Gasteiger partial charge in [-0.1, -0.05) is 0 Å². The van der Waals surface area contributed by atoms with Crippen molar-refractivity contribution in [2.24, 2.45) is 0 Å². The fourth-order valence-electron chi connectivity index (χ4n) is 4.01. The Labute approximate surface area is 152 Å². The van der Waals surface area contributed by atoms with E-state index in [1.165, 1.54) is 81.6 Å². The molecule has 0 fully saturated rings. The molecule has 24 heavy (non-hydrogen) atoms. The van der Waals surface area contributed by atoms with Crippen molar-refractivity contribution in [1.29, 1.82) is 0 Å². The Morgan fingerprint density at radius 3 is 1.83 bits per heavy atom. The zero-order valence-corrected chi connectivity index (χ0v) is 17.5. The van der Waals surface area contributed by atoms with E-state index in [2.05, 4.69) is 63.5 Å². The molecule has 0 aliphatic rings. The molecule has 1 aromatic carbocycles. The number of rotatable bonds is 14. The first kappa shape index (κ1) is 21.4. The van der Waals surface area contributed by atoms with Gasteiger partial charge in [0, 0.05) is 0 Å². The van der Waals surface area contributed by atoms with Crippen LogP contribution in [-0.2, 0) is 6.16 Å². The van der Waals surface area contributed by atoms with Crippen molar-refractivity contribution >= 4 is 6.60 Å². The topological polar surface area (TPSA) is 0 Å². The minimum atomic E-state index is -1.81. The van der Waals surface area contributed by atoms with Crippen molar-refractivity contribution in [3.05, 3.63) is 48.3 Å². The molecule has 0 atom stereocenters. The van der Waals surface area contributed by atoms with Gasteiger partial charge in [-0.3, -0.25) is 0 Å². The summed E-state index contributed by atoms with van der Waals surface area (Å²) >= 11 is 0. The van der Waals surface area contributed by atoms with E-state index in [1.54, 1.807) is 0 Å². The standard InChI is InChI=1S/C23H41P/c1-5-9-10-11-12-13-14-18-21-24(6-2,7-3,8-4)22-23-19-16-15-17-20-23/h6,15-17,19-20H,2,5,7-14,18,21-22H2,1,3-4H3. The van der Waals surface area contributed by atoms with Crippen LogP contribution in [0.1, 0.15) is 77.7 Å².